The van der Waals surface area contributed by atoms with Crippen LogP contribution in [-0.4, -0.2) is 30.2 Å². The Kier molecular flexibility index (Phi) is 4.53. The van der Waals surface area contributed by atoms with Crippen molar-refractivity contribution in [3.05, 3.63) is 59.2 Å². The monoisotopic (exact) mass is 326 g/mol. The van der Waals surface area contributed by atoms with E-state index in [-0.39, 0.29) is 24.4 Å². The molecular weight excluding hydrogens is 308 g/mol. The van der Waals surface area contributed by atoms with Crippen molar-refractivity contribution < 1.29 is 24.5 Å². The fourth-order valence-electron chi connectivity index (χ4n) is 2.97. The Morgan fingerprint density at radius 1 is 1.25 bits per heavy atom. The lowest BCUT2D eigenvalue weighted by Gasteiger charge is -2.18. The van der Waals surface area contributed by atoms with Crippen molar-refractivity contribution >= 4 is 12.4 Å². The van der Waals surface area contributed by atoms with Gasteiger partial charge in [-0.05, 0) is 41.5 Å². The molecule has 0 bridgehead atoms. The van der Waals surface area contributed by atoms with Gasteiger partial charge in [-0.2, -0.15) is 0 Å². The average molecular weight is 326 g/mol. The number of methoxy groups -OCH3 is 1. The van der Waals surface area contributed by atoms with Crippen LogP contribution in [0.2, 0.25) is 0 Å². The molecule has 0 aromatic heterocycles. The Morgan fingerprint density at radius 3 is 2.79 bits per heavy atom. The zero-order valence-electron chi connectivity index (χ0n) is 13.2. The number of phenols is 1. The van der Waals surface area contributed by atoms with E-state index in [0.717, 1.165) is 23.0 Å². The summed E-state index contributed by atoms with van der Waals surface area (Å²) in [7, 11) is 1.48. The number of aldehydes is 1. The van der Waals surface area contributed by atoms with Crippen LogP contribution in [0.4, 0.5) is 0 Å². The molecule has 1 aliphatic rings. The number of aliphatic hydroxyl groups excluding tert-OH is 1. The number of benzene rings is 2. The number of aliphatic hydroxyl groups is 1. The molecule has 0 saturated heterocycles. The van der Waals surface area contributed by atoms with E-state index in [4.69, 9.17) is 9.47 Å². The Morgan fingerprint density at radius 2 is 2.08 bits per heavy atom. The second kappa shape index (κ2) is 6.76. The minimum Gasteiger partial charge on any atom is -0.504 e. The summed E-state index contributed by atoms with van der Waals surface area (Å²) in [4.78, 5) is 10.5. The van der Waals surface area contributed by atoms with Crippen molar-refractivity contribution in [2.75, 3.05) is 13.7 Å². The van der Waals surface area contributed by atoms with Gasteiger partial charge in [0.05, 0.1) is 19.6 Å². The lowest BCUT2D eigenvalue weighted by Crippen LogP contribution is -2.13. The molecule has 0 aliphatic carbocycles. The highest BCUT2D eigenvalue weighted by Gasteiger charge is 2.35. The van der Waals surface area contributed by atoms with Gasteiger partial charge in [0.25, 0.3) is 0 Å². The smallest absolute Gasteiger partial charge is 0.160 e. The first kappa shape index (κ1) is 16.1. The van der Waals surface area contributed by atoms with Crippen molar-refractivity contribution in [3.8, 4) is 17.2 Å². The van der Waals surface area contributed by atoms with Gasteiger partial charge in [-0.25, -0.2) is 0 Å². The lowest BCUT2D eigenvalue weighted by atomic mass is 9.91. The summed E-state index contributed by atoms with van der Waals surface area (Å²) in [6.07, 6.45) is 3.48. The Balaban J connectivity index is 1.97. The lowest BCUT2D eigenvalue weighted by molar-refractivity contribution is -0.104. The van der Waals surface area contributed by atoms with E-state index in [9.17, 15) is 15.0 Å². The van der Waals surface area contributed by atoms with Crippen LogP contribution in [0.15, 0.2) is 42.5 Å². The number of carbonyl (C=O) groups excluding carboxylic acids is 1. The summed E-state index contributed by atoms with van der Waals surface area (Å²) in [5, 5.41) is 19.6. The quantitative estimate of drug-likeness (QED) is 0.653. The molecular formula is C19H18O5. The van der Waals surface area contributed by atoms with E-state index in [1.54, 1.807) is 24.3 Å². The number of fused-ring (bicyclic) bond motifs is 1. The highest BCUT2D eigenvalue weighted by Crippen LogP contribution is 2.47. The molecule has 2 aromatic rings. The fraction of sp³-hybridized carbons (Fsp3) is 0.211. The zero-order chi connectivity index (χ0) is 17.1. The maximum absolute atomic E-state index is 10.5. The number of hydrogen-bond donors (Lipinski definition) is 2. The number of phenolic OH excluding ortho intramolecular Hbond substituents is 1. The highest BCUT2D eigenvalue weighted by molar-refractivity contribution is 5.74. The third kappa shape index (κ3) is 2.86. The molecule has 0 fully saturated rings. The third-order valence-electron chi connectivity index (χ3n) is 4.15. The summed E-state index contributed by atoms with van der Waals surface area (Å²) in [5.74, 6) is 0.880. The minimum absolute atomic E-state index is 0.0543. The molecule has 0 radical (unpaired) electrons. The van der Waals surface area contributed by atoms with Crippen molar-refractivity contribution in [2.24, 2.45) is 0 Å². The number of rotatable bonds is 5. The van der Waals surface area contributed by atoms with Crippen LogP contribution in [0, 0.1) is 0 Å². The van der Waals surface area contributed by atoms with Gasteiger partial charge in [-0.3, -0.25) is 4.79 Å². The van der Waals surface area contributed by atoms with E-state index >= 15 is 0 Å². The molecule has 2 atom stereocenters. The largest absolute Gasteiger partial charge is 0.504 e. The Bertz CT molecular complexity index is 781. The number of allylic oxidation sites excluding steroid dienone is 1. The van der Waals surface area contributed by atoms with Crippen LogP contribution < -0.4 is 9.47 Å². The topological polar surface area (TPSA) is 76.0 Å². The van der Waals surface area contributed by atoms with Crippen molar-refractivity contribution in [3.63, 3.8) is 0 Å². The molecule has 24 heavy (non-hydrogen) atoms. The van der Waals surface area contributed by atoms with Gasteiger partial charge in [-0.1, -0.05) is 18.2 Å². The Labute approximate surface area is 139 Å². The highest BCUT2D eigenvalue weighted by atomic mass is 16.5. The first-order chi connectivity index (χ1) is 11.7. The van der Waals surface area contributed by atoms with E-state index in [2.05, 4.69) is 0 Å². The molecule has 2 N–H and O–H groups in total. The van der Waals surface area contributed by atoms with Crippen LogP contribution in [0.3, 0.4) is 0 Å². The zero-order valence-corrected chi connectivity index (χ0v) is 13.2. The minimum atomic E-state index is -0.371. The van der Waals surface area contributed by atoms with Gasteiger partial charge in [-0.15, -0.1) is 0 Å². The SMILES string of the molecule is COc1cc(C2Oc3ccc(C=CC=O)cc3C2CO)ccc1O. The second-order valence-electron chi connectivity index (χ2n) is 5.55. The van der Waals surface area contributed by atoms with Gasteiger partial charge in [0.15, 0.2) is 11.5 Å². The van der Waals surface area contributed by atoms with E-state index < -0.39 is 0 Å². The summed E-state index contributed by atoms with van der Waals surface area (Å²) in [5.41, 5.74) is 2.57. The van der Waals surface area contributed by atoms with Crippen LogP contribution in [0.25, 0.3) is 6.08 Å². The second-order valence-corrected chi connectivity index (χ2v) is 5.55. The van der Waals surface area contributed by atoms with Crippen molar-refractivity contribution in [1.82, 2.24) is 0 Å². The van der Waals surface area contributed by atoms with Crippen LogP contribution >= 0.6 is 0 Å². The molecule has 3 rings (SSSR count). The summed E-state index contributed by atoms with van der Waals surface area (Å²) in [6, 6.07) is 10.6. The predicted octanol–water partition coefficient (Wildman–Crippen LogP) is 2.82. The predicted molar refractivity (Wildman–Crippen MR) is 89.4 cm³/mol. The molecule has 1 aliphatic heterocycles. The van der Waals surface area contributed by atoms with Gasteiger partial charge >= 0.3 is 0 Å². The van der Waals surface area contributed by atoms with Crippen LogP contribution in [0.1, 0.15) is 28.7 Å². The maximum Gasteiger partial charge on any atom is 0.160 e. The van der Waals surface area contributed by atoms with Gasteiger partial charge in [0.2, 0.25) is 0 Å². The van der Waals surface area contributed by atoms with Gasteiger partial charge < -0.3 is 19.7 Å². The summed E-state index contributed by atoms with van der Waals surface area (Å²) in [6.45, 7) is -0.0816. The maximum atomic E-state index is 10.5. The molecule has 2 aromatic carbocycles. The van der Waals surface area contributed by atoms with Gasteiger partial charge in [0.1, 0.15) is 18.1 Å². The van der Waals surface area contributed by atoms with Crippen LogP contribution in [-0.2, 0) is 4.79 Å². The summed E-state index contributed by atoms with van der Waals surface area (Å²) >= 11 is 0. The molecule has 5 nitrogen and oxygen atoms in total. The number of carbonyl (C=O) groups is 1. The standard InChI is InChI=1S/C19H18O5/c1-23-18-10-13(5-6-16(18)22)19-15(11-21)14-9-12(3-2-8-20)4-7-17(14)24-19/h2-10,15,19,21-22H,11H2,1H3. The third-order valence-corrected chi connectivity index (χ3v) is 4.15. The number of aromatic hydroxyl groups is 1. The molecule has 0 spiro atoms. The first-order valence-electron chi connectivity index (χ1n) is 7.58. The van der Waals surface area contributed by atoms with E-state index in [1.165, 1.54) is 13.2 Å². The first-order valence-corrected chi connectivity index (χ1v) is 7.58. The molecule has 124 valence electrons. The fourth-order valence-corrected chi connectivity index (χ4v) is 2.97. The van der Waals surface area contributed by atoms with E-state index in [0.29, 0.717) is 11.5 Å². The number of hydrogen-bond acceptors (Lipinski definition) is 5. The molecule has 1 heterocycles. The van der Waals surface area contributed by atoms with Crippen molar-refractivity contribution in [2.45, 2.75) is 12.0 Å². The van der Waals surface area contributed by atoms with Crippen molar-refractivity contribution in [1.29, 1.82) is 0 Å². The van der Waals surface area contributed by atoms with Gasteiger partial charge in [0, 0.05) is 5.56 Å². The summed E-state index contributed by atoms with van der Waals surface area (Å²) < 4.78 is 11.1. The normalized spacial score (nSPS) is 19.1. The Hall–Kier alpha value is -2.79. The van der Waals surface area contributed by atoms with E-state index in [1.807, 2.05) is 18.2 Å². The van der Waals surface area contributed by atoms with Crippen LogP contribution in [0.5, 0.6) is 17.2 Å². The molecule has 2 unspecified atom stereocenters. The molecule has 0 amide bonds. The molecule has 5 heteroatoms. The average Bonchev–Trinajstić information content (AvgIpc) is 2.98. The number of ether oxygens (including phenoxy) is 2. The molecule has 0 saturated carbocycles.